The molecule has 3 aromatic rings. The minimum atomic E-state index is -0.485. The van der Waals surface area contributed by atoms with Gasteiger partial charge in [0.05, 0.1) is 11.3 Å². The number of nitrogens with zero attached hydrogens (tertiary/aromatic N) is 1. The molecule has 0 saturated carbocycles. The van der Waals surface area contributed by atoms with Crippen LogP contribution in [-0.2, 0) is 11.3 Å². The van der Waals surface area contributed by atoms with Gasteiger partial charge >= 0.3 is 0 Å². The van der Waals surface area contributed by atoms with Crippen LogP contribution in [0.1, 0.15) is 22.8 Å². The number of hydrogen-bond donors (Lipinski definition) is 3. The van der Waals surface area contributed by atoms with Gasteiger partial charge in [0.2, 0.25) is 5.91 Å². The molecule has 138 valence electrons. The zero-order valence-corrected chi connectivity index (χ0v) is 15.9. The van der Waals surface area contributed by atoms with Crippen molar-refractivity contribution in [2.75, 3.05) is 5.32 Å². The largest absolute Gasteiger partial charge is 0.507 e. The Balaban J connectivity index is 1.70. The Labute approximate surface area is 164 Å². The number of carbonyl (C=O) groups excluding carboxylic acids is 2. The molecule has 2 amide bonds. The van der Waals surface area contributed by atoms with Crippen LogP contribution in [0.2, 0.25) is 5.02 Å². The summed E-state index contributed by atoms with van der Waals surface area (Å²) in [6.07, 6.45) is 0. The fourth-order valence-electron chi connectivity index (χ4n) is 2.34. The van der Waals surface area contributed by atoms with Gasteiger partial charge in [0.15, 0.2) is 5.13 Å². The Kier molecular flexibility index (Phi) is 5.73. The van der Waals surface area contributed by atoms with Crippen LogP contribution in [-0.4, -0.2) is 21.9 Å². The Morgan fingerprint density at radius 3 is 2.63 bits per heavy atom. The SMILES string of the molecule is CC(=O)NCc1ccc(-c2csc(NC(=O)c3cc(Cl)ccc3O)n2)cc1. The molecular weight excluding hydrogens is 386 g/mol. The average molecular weight is 402 g/mol. The molecular formula is C19H16ClN3O3S. The standard InChI is InChI=1S/C19H16ClN3O3S/c1-11(24)21-9-12-2-4-13(5-3-12)16-10-27-19(22-16)23-18(26)15-8-14(20)6-7-17(15)25/h2-8,10,25H,9H2,1H3,(H,21,24)(H,22,23,26). The number of benzene rings is 2. The van der Waals surface area contributed by atoms with E-state index in [2.05, 4.69) is 15.6 Å². The second kappa shape index (κ2) is 8.20. The maximum atomic E-state index is 12.3. The molecule has 3 rings (SSSR count). The van der Waals surface area contributed by atoms with E-state index in [0.717, 1.165) is 16.8 Å². The highest BCUT2D eigenvalue weighted by atomic mass is 35.5. The first-order valence-corrected chi connectivity index (χ1v) is 9.27. The molecule has 0 bridgehead atoms. The summed E-state index contributed by atoms with van der Waals surface area (Å²) in [7, 11) is 0. The van der Waals surface area contributed by atoms with E-state index >= 15 is 0 Å². The summed E-state index contributed by atoms with van der Waals surface area (Å²) in [6, 6.07) is 11.9. The van der Waals surface area contributed by atoms with Gasteiger partial charge in [0.1, 0.15) is 5.75 Å². The molecule has 0 aliphatic heterocycles. The first-order chi connectivity index (χ1) is 12.9. The maximum Gasteiger partial charge on any atom is 0.261 e. The quantitative estimate of drug-likeness (QED) is 0.601. The average Bonchev–Trinajstić information content (AvgIpc) is 3.10. The number of nitrogens with one attached hydrogen (secondary N) is 2. The van der Waals surface area contributed by atoms with Gasteiger partial charge in [-0.3, -0.25) is 14.9 Å². The number of phenols is 1. The molecule has 3 N–H and O–H groups in total. The van der Waals surface area contributed by atoms with Crippen molar-refractivity contribution in [1.29, 1.82) is 0 Å². The molecule has 0 saturated heterocycles. The second-order valence-electron chi connectivity index (χ2n) is 5.76. The molecule has 0 unspecified atom stereocenters. The van der Waals surface area contributed by atoms with Crippen molar-refractivity contribution in [2.45, 2.75) is 13.5 Å². The lowest BCUT2D eigenvalue weighted by Gasteiger charge is -2.05. The minimum Gasteiger partial charge on any atom is -0.507 e. The Morgan fingerprint density at radius 1 is 1.19 bits per heavy atom. The summed E-state index contributed by atoms with van der Waals surface area (Å²) < 4.78 is 0. The van der Waals surface area contributed by atoms with Gasteiger partial charge < -0.3 is 10.4 Å². The van der Waals surface area contributed by atoms with Crippen LogP contribution in [0.15, 0.2) is 47.8 Å². The van der Waals surface area contributed by atoms with Crippen LogP contribution in [0.5, 0.6) is 5.75 Å². The molecule has 0 radical (unpaired) electrons. The number of hydrogen-bond acceptors (Lipinski definition) is 5. The number of thiazole rings is 1. The Hall–Kier alpha value is -2.90. The monoisotopic (exact) mass is 401 g/mol. The predicted octanol–water partition coefficient (Wildman–Crippen LogP) is 4.06. The number of rotatable bonds is 5. The van der Waals surface area contributed by atoms with Gasteiger partial charge in [-0.05, 0) is 23.8 Å². The lowest BCUT2D eigenvalue weighted by atomic mass is 10.1. The molecule has 0 fully saturated rings. The van der Waals surface area contributed by atoms with E-state index in [-0.39, 0.29) is 17.2 Å². The number of aromatic hydroxyl groups is 1. The van der Waals surface area contributed by atoms with E-state index < -0.39 is 5.91 Å². The van der Waals surface area contributed by atoms with Gasteiger partial charge in [-0.2, -0.15) is 0 Å². The van der Waals surface area contributed by atoms with Crippen LogP contribution < -0.4 is 10.6 Å². The third-order valence-electron chi connectivity index (χ3n) is 3.72. The van der Waals surface area contributed by atoms with Crippen molar-refractivity contribution in [2.24, 2.45) is 0 Å². The van der Waals surface area contributed by atoms with Crippen molar-refractivity contribution in [3.8, 4) is 17.0 Å². The van der Waals surface area contributed by atoms with Crippen molar-refractivity contribution in [3.63, 3.8) is 0 Å². The summed E-state index contributed by atoms with van der Waals surface area (Å²) in [4.78, 5) is 27.7. The zero-order valence-electron chi connectivity index (χ0n) is 14.3. The van der Waals surface area contributed by atoms with Crippen LogP contribution in [0, 0.1) is 0 Å². The van der Waals surface area contributed by atoms with Crippen molar-refractivity contribution in [1.82, 2.24) is 10.3 Å². The summed E-state index contributed by atoms with van der Waals surface area (Å²) >= 11 is 7.15. The fourth-order valence-corrected chi connectivity index (χ4v) is 3.23. The van der Waals surface area contributed by atoms with Crippen LogP contribution in [0.4, 0.5) is 5.13 Å². The van der Waals surface area contributed by atoms with Crippen LogP contribution in [0.25, 0.3) is 11.3 Å². The lowest BCUT2D eigenvalue weighted by molar-refractivity contribution is -0.119. The fraction of sp³-hybridized carbons (Fsp3) is 0.105. The minimum absolute atomic E-state index is 0.0790. The summed E-state index contributed by atoms with van der Waals surface area (Å²) in [5.41, 5.74) is 2.68. The number of amides is 2. The molecule has 0 aliphatic rings. The highest BCUT2D eigenvalue weighted by Crippen LogP contribution is 2.27. The number of aromatic nitrogens is 1. The molecule has 0 atom stereocenters. The molecule has 1 heterocycles. The number of phenolic OH excluding ortho intramolecular Hbond substituents is 1. The van der Waals surface area contributed by atoms with Gasteiger partial charge in [-0.25, -0.2) is 4.98 Å². The predicted molar refractivity (Wildman–Crippen MR) is 106 cm³/mol. The van der Waals surface area contributed by atoms with E-state index in [9.17, 15) is 14.7 Å². The van der Waals surface area contributed by atoms with Gasteiger partial charge in [0, 0.05) is 29.4 Å². The van der Waals surface area contributed by atoms with Crippen molar-refractivity contribution >= 4 is 39.9 Å². The second-order valence-corrected chi connectivity index (χ2v) is 7.05. The topological polar surface area (TPSA) is 91.3 Å². The molecule has 0 spiro atoms. The summed E-state index contributed by atoms with van der Waals surface area (Å²) in [5, 5.41) is 17.8. The van der Waals surface area contributed by atoms with Gasteiger partial charge in [-0.15, -0.1) is 11.3 Å². The highest BCUT2D eigenvalue weighted by molar-refractivity contribution is 7.14. The van der Waals surface area contributed by atoms with Crippen molar-refractivity contribution < 1.29 is 14.7 Å². The molecule has 0 aliphatic carbocycles. The summed E-state index contributed by atoms with van der Waals surface area (Å²) in [5.74, 6) is -0.713. The van der Waals surface area contributed by atoms with E-state index in [1.54, 1.807) is 0 Å². The molecule has 6 nitrogen and oxygen atoms in total. The summed E-state index contributed by atoms with van der Waals surface area (Å²) in [6.45, 7) is 1.94. The number of halogens is 1. The van der Waals surface area contributed by atoms with E-state index in [0.29, 0.717) is 16.7 Å². The highest BCUT2D eigenvalue weighted by Gasteiger charge is 2.14. The maximum absolute atomic E-state index is 12.3. The van der Waals surface area contributed by atoms with Gasteiger partial charge in [-0.1, -0.05) is 35.9 Å². The number of carbonyl (C=O) groups is 2. The first-order valence-electron chi connectivity index (χ1n) is 8.01. The van der Waals surface area contributed by atoms with Crippen molar-refractivity contribution in [3.05, 3.63) is 64.0 Å². The lowest BCUT2D eigenvalue weighted by Crippen LogP contribution is -2.18. The van der Waals surface area contributed by atoms with E-state index in [1.807, 2.05) is 29.6 Å². The van der Waals surface area contributed by atoms with E-state index in [1.165, 1.54) is 36.5 Å². The third kappa shape index (κ3) is 4.84. The normalized spacial score (nSPS) is 10.4. The Morgan fingerprint density at radius 2 is 1.93 bits per heavy atom. The first kappa shape index (κ1) is 18.9. The van der Waals surface area contributed by atoms with Crippen LogP contribution in [0.3, 0.4) is 0 Å². The van der Waals surface area contributed by atoms with E-state index in [4.69, 9.17) is 11.6 Å². The number of anilines is 1. The molecule has 27 heavy (non-hydrogen) atoms. The molecule has 1 aromatic heterocycles. The Bertz CT molecular complexity index is 986. The van der Waals surface area contributed by atoms with Gasteiger partial charge in [0.25, 0.3) is 5.91 Å². The molecule has 2 aromatic carbocycles. The third-order valence-corrected chi connectivity index (χ3v) is 4.71. The zero-order chi connectivity index (χ0) is 19.4. The molecule has 8 heteroatoms. The smallest absolute Gasteiger partial charge is 0.261 e. The van der Waals surface area contributed by atoms with Crippen LogP contribution >= 0.6 is 22.9 Å².